The van der Waals surface area contributed by atoms with E-state index in [0.717, 1.165) is 38.0 Å². The van der Waals surface area contributed by atoms with E-state index in [9.17, 15) is 0 Å². The predicted octanol–water partition coefficient (Wildman–Crippen LogP) is 2.76. The minimum Gasteiger partial charge on any atom is -0.468 e. The number of hydrogen-bond acceptors (Lipinski definition) is 3. The number of nitrogens with zero attached hydrogens (tertiary/aromatic N) is 1. The van der Waals surface area contributed by atoms with E-state index < -0.39 is 0 Å². The third-order valence-corrected chi connectivity index (χ3v) is 3.40. The van der Waals surface area contributed by atoms with Crippen LogP contribution in [0, 0.1) is 0 Å². The zero-order valence-corrected chi connectivity index (χ0v) is 11.0. The lowest BCUT2D eigenvalue weighted by Crippen LogP contribution is -2.25. The quantitative estimate of drug-likeness (QED) is 0.704. The highest BCUT2D eigenvalue weighted by atomic mass is 16.3. The number of rotatable bonds is 8. The Bertz CT molecular complexity index is 331. The SMILES string of the molecule is CCCNCc1ccoc1CN(CC)C1CC1. The first-order valence-corrected chi connectivity index (χ1v) is 6.85. The fourth-order valence-corrected chi connectivity index (χ4v) is 2.19. The average molecular weight is 236 g/mol. The number of furan rings is 1. The fraction of sp³-hybridized carbons (Fsp3) is 0.714. The van der Waals surface area contributed by atoms with E-state index in [0.29, 0.717) is 0 Å². The molecule has 1 aliphatic carbocycles. The largest absolute Gasteiger partial charge is 0.468 e. The molecule has 0 spiro atoms. The highest BCUT2D eigenvalue weighted by Gasteiger charge is 2.28. The molecule has 0 atom stereocenters. The van der Waals surface area contributed by atoms with E-state index in [-0.39, 0.29) is 0 Å². The third kappa shape index (κ3) is 3.58. The molecule has 17 heavy (non-hydrogen) atoms. The van der Waals surface area contributed by atoms with Gasteiger partial charge in [0.25, 0.3) is 0 Å². The van der Waals surface area contributed by atoms with Crippen LogP contribution in [0.25, 0.3) is 0 Å². The van der Waals surface area contributed by atoms with Crippen molar-refractivity contribution in [1.82, 2.24) is 10.2 Å². The number of nitrogens with one attached hydrogen (secondary N) is 1. The highest BCUT2D eigenvalue weighted by molar-refractivity contribution is 5.17. The van der Waals surface area contributed by atoms with Gasteiger partial charge in [0.2, 0.25) is 0 Å². The first kappa shape index (κ1) is 12.7. The van der Waals surface area contributed by atoms with Gasteiger partial charge in [-0.05, 0) is 38.4 Å². The summed E-state index contributed by atoms with van der Waals surface area (Å²) >= 11 is 0. The van der Waals surface area contributed by atoms with Crippen LogP contribution in [0.1, 0.15) is 44.4 Å². The van der Waals surface area contributed by atoms with Crippen LogP contribution in [0.3, 0.4) is 0 Å². The molecular formula is C14H24N2O. The maximum atomic E-state index is 5.62. The molecule has 3 heteroatoms. The molecule has 0 bridgehead atoms. The first-order chi connectivity index (χ1) is 8.35. The second-order valence-corrected chi connectivity index (χ2v) is 4.84. The summed E-state index contributed by atoms with van der Waals surface area (Å²) in [5, 5.41) is 3.44. The van der Waals surface area contributed by atoms with E-state index >= 15 is 0 Å². The van der Waals surface area contributed by atoms with Crippen molar-refractivity contribution in [2.75, 3.05) is 13.1 Å². The van der Waals surface area contributed by atoms with Crippen LogP contribution < -0.4 is 5.32 Å². The van der Waals surface area contributed by atoms with Crippen molar-refractivity contribution >= 4 is 0 Å². The van der Waals surface area contributed by atoms with Crippen LogP contribution in [0.5, 0.6) is 0 Å². The molecule has 1 aromatic heterocycles. The second kappa shape index (κ2) is 6.22. The maximum absolute atomic E-state index is 5.62. The molecule has 0 aromatic carbocycles. The van der Waals surface area contributed by atoms with E-state index in [1.807, 2.05) is 6.26 Å². The van der Waals surface area contributed by atoms with E-state index in [1.165, 1.54) is 24.8 Å². The molecule has 0 amide bonds. The van der Waals surface area contributed by atoms with Crippen molar-refractivity contribution in [1.29, 1.82) is 0 Å². The molecule has 1 aromatic rings. The van der Waals surface area contributed by atoms with Gasteiger partial charge in [-0.1, -0.05) is 13.8 Å². The summed E-state index contributed by atoms with van der Waals surface area (Å²) in [6.45, 7) is 8.52. The summed E-state index contributed by atoms with van der Waals surface area (Å²) in [6.07, 6.45) is 5.71. The van der Waals surface area contributed by atoms with Gasteiger partial charge in [-0.2, -0.15) is 0 Å². The van der Waals surface area contributed by atoms with Gasteiger partial charge >= 0.3 is 0 Å². The Morgan fingerprint density at radius 2 is 2.24 bits per heavy atom. The summed E-state index contributed by atoms with van der Waals surface area (Å²) in [7, 11) is 0. The lowest BCUT2D eigenvalue weighted by molar-refractivity contribution is 0.244. The zero-order chi connectivity index (χ0) is 12.1. The van der Waals surface area contributed by atoms with Crippen LogP contribution in [0.4, 0.5) is 0 Å². The predicted molar refractivity (Wildman–Crippen MR) is 69.8 cm³/mol. The number of hydrogen-bond donors (Lipinski definition) is 1. The Labute approximate surface area is 104 Å². The lowest BCUT2D eigenvalue weighted by atomic mass is 10.2. The summed E-state index contributed by atoms with van der Waals surface area (Å²) in [6, 6.07) is 2.90. The van der Waals surface area contributed by atoms with E-state index in [2.05, 4.69) is 30.1 Å². The molecular weight excluding hydrogens is 212 g/mol. The summed E-state index contributed by atoms with van der Waals surface area (Å²) in [5.74, 6) is 1.14. The summed E-state index contributed by atoms with van der Waals surface area (Å²) in [5.41, 5.74) is 1.32. The zero-order valence-electron chi connectivity index (χ0n) is 11.0. The van der Waals surface area contributed by atoms with Gasteiger partial charge in [-0.3, -0.25) is 4.90 Å². The Morgan fingerprint density at radius 1 is 1.41 bits per heavy atom. The fourth-order valence-electron chi connectivity index (χ4n) is 2.19. The standard InChI is InChI=1S/C14H24N2O/c1-3-8-15-10-12-7-9-17-14(12)11-16(4-2)13-5-6-13/h7,9,13,15H,3-6,8,10-11H2,1-2H3. The molecule has 0 aliphatic heterocycles. The van der Waals surface area contributed by atoms with Crippen molar-refractivity contribution < 1.29 is 4.42 Å². The van der Waals surface area contributed by atoms with Crippen LogP contribution in [0.2, 0.25) is 0 Å². The van der Waals surface area contributed by atoms with E-state index in [1.54, 1.807) is 0 Å². The van der Waals surface area contributed by atoms with E-state index in [4.69, 9.17) is 4.42 Å². The van der Waals surface area contributed by atoms with Crippen molar-refractivity contribution in [2.24, 2.45) is 0 Å². The molecule has 2 rings (SSSR count). The van der Waals surface area contributed by atoms with Crippen molar-refractivity contribution in [2.45, 2.75) is 52.2 Å². The average Bonchev–Trinajstić information content (AvgIpc) is 3.09. The topological polar surface area (TPSA) is 28.4 Å². The van der Waals surface area contributed by atoms with Gasteiger partial charge in [0.15, 0.2) is 0 Å². The molecule has 0 radical (unpaired) electrons. The molecule has 1 fully saturated rings. The molecule has 1 heterocycles. The van der Waals surface area contributed by atoms with Crippen LogP contribution in [-0.2, 0) is 13.1 Å². The van der Waals surface area contributed by atoms with Gasteiger partial charge in [-0.25, -0.2) is 0 Å². The minimum absolute atomic E-state index is 0.807. The van der Waals surface area contributed by atoms with Crippen LogP contribution in [0.15, 0.2) is 16.7 Å². The molecule has 3 nitrogen and oxygen atoms in total. The molecule has 1 saturated carbocycles. The van der Waals surface area contributed by atoms with Gasteiger partial charge in [0.1, 0.15) is 5.76 Å². The monoisotopic (exact) mass is 236 g/mol. The molecule has 1 N–H and O–H groups in total. The van der Waals surface area contributed by atoms with Gasteiger partial charge in [-0.15, -0.1) is 0 Å². The second-order valence-electron chi connectivity index (χ2n) is 4.84. The third-order valence-electron chi connectivity index (χ3n) is 3.40. The lowest BCUT2D eigenvalue weighted by Gasteiger charge is -2.19. The highest BCUT2D eigenvalue weighted by Crippen LogP contribution is 2.28. The molecule has 96 valence electrons. The van der Waals surface area contributed by atoms with Crippen LogP contribution in [-0.4, -0.2) is 24.0 Å². The Morgan fingerprint density at radius 3 is 2.88 bits per heavy atom. The smallest absolute Gasteiger partial charge is 0.122 e. The molecule has 0 saturated heterocycles. The van der Waals surface area contributed by atoms with Gasteiger partial charge < -0.3 is 9.73 Å². The summed E-state index contributed by atoms with van der Waals surface area (Å²) < 4.78 is 5.62. The Balaban J connectivity index is 1.88. The first-order valence-electron chi connectivity index (χ1n) is 6.85. The minimum atomic E-state index is 0.807. The van der Waals surface area contributed by atoms with Gasteiger partial charge in [0, 0.05) is 18.2 Å². The van der Waals surface area contributed by atoms with Crippen LogP contribution >= 0.6 is 0 Å². The molecule has 0 unspecified atom stereocenters. The van der Waals surface area contributed by atoms with Crippen molar-refractivity contribution in [3.05, 3.63) is 23.7 Å². The molecule has 1 aliphatic rings. The Kier molecular flexibility index (Phi) is 4.63. The van der Waals surface area contributed by atoms with Crippen molar-refractivity contribution in [3.8, 4) is 0 Å². The normalized spacial score (nSPS) is 15.7. The maximum Gasteiger partial charge on any atom is 0.122 e. The van der Waals surface area contributed by atoms with Crippen molar-refractivity contribution in [3.63, 3.8) is 0 Å². The van der Waals surface area contributed by atoms with Gasteiger partial charge in [0.05, 0.1) is 12.8 Å². The summed E-state index contributed by atoms with van der Waals surface area (Å²) in [4.78, 5) is 2.52. The Hall–Kier alpha value is -0.800.